The molecule has 0 saturated heterocycles. The Balaban J connectivity index is 1.67. The molecule has 0 N–H and O–H groups in total. The van der Waals surface area contributed by atoms with E-state index >= 15 is 0 Å². The maximum Gasteiger partial charge on any atom is 0.150 e. The normalized spacial score (nSPS) is 47.2. The molecule has 0 aromatic heterocycles. The first-order chi connectivity index (χ1) is 8.40. The highest BCUT2D eigenvalue weighted by Crippen LogP contribution is 2.81. The van der Waals surface area contributed by atoms with Gasteiger partial charge in [0.15, 0.2) is 6.29 Å². The first-order valence-corrected chi connectivity index (χ1v) is 6.66. The zero-order valence-electron chi connectivity index (χ0n) is 9.54. The molecule has 4 fully saturated rings. The highest BCUT2D eigenvalue weighted by Gasteiger charge is 2.75. The molecule has 0 amide bonds. The third-order valence-electron chi connectivity index (χ3n) is 5.78. The Hall–Kier alpha value is -1.37. The molecule has 0 heterocycles. The molecule has 5 aliphatic rings. The predicted octanol–water partition coefficient (Wildman–Crippen LogP) is 3.02. The third-order valence-corrected chi connectivity index (χ3v) is 5.78. The fourth-order valence-electron chi connectivity index (χ4n) is 5.34. The summed E-state index contributed by atoms with van der Waals surface area (Å²) in [5.41, 5.74) is 3.59. The maximum atomic E-state index is 11.1. The van der Waals surface area contributed by atoms with E-state index in [0.29, 0.717) is 0 Å². The predicted molar refractivity (Wildman–Crippen MR) is 65.4 cm³/mol. The molecule has 0 aliphatic heterocycles. The number of benzene rings is 1. The molecule has 1 nitrogen and oxygen atoms in total. The molecule has 6 bridgehead atoms. The van der Waals surface area contributed by atoms with Crippen molar-refractivity contribution in [1.82, 2.24) is 0 Å². The average molecular weight is 222 g/mol. The van der Waals surface area contributed by atoms with Crippen molar-refractivity contribution in [3.63, 3.8) is 0 Å². The van der Waals surface area contributed by atoms with Crippen LogP contribution in [0.2, 0.25) is 0 Å². The molecule has 1 heteroatoms. The highest BCUT2D eigenvalue weighted by atomic mass is 16.1. The lowest BCUT2D eigenvalue weighted by molar-refractivity contribution is 0.112. The molecule has 6 atom stereocenters. The van der Waals surface area contributed by atoms with E-state index in [9.17, 15) is 4.79 Å². The van der Waals surface area contributed by atoms with E-state index in [2.05, 4.69) is 18.2 Å². The van der Waals surface area contributed by atoms with E-state index in [1.54, 1.807) is 0 Å². The first-order valence-electron chi connectivity index (χ1n) is 6.66. The number of hydrogen-bond acceptors (Lipinski definition) is 1. The second-order valence-electron chi connectivity index (χ2n) is 6.15. The summed E-state index contributed by atoms with van der Waals surface area (Å²) in [4.78, 5) is 11.1. The zero-order chi connectivity index (χ0) is 11.1. The molecule has 6 unspecified atom stereocenters. The Kier molecular flexibility index (Phi) is 1.30. The van der Waals surface area contributed by atoms with Gasteiger partial charge in [-0.3, -0.25) is 4.79 Å². The number of allylic oxidation sites excluding steroid dienone is 2. The van der Waals surface area contributed by atoms with Crippen molar-refractivity contribution in [3.05, 3.63) is 41.5 Å². The summed E-state index contributed by atoms with van der Waals surface area (Å²) in [6.07, 6.45) is 4.98. The highest BCUT2D eigenvalue weighted by molar-refractivity contribution is 5.87. The summed E-state index contributed by atoms with van der Waals surface area (Å²) < 4.78 is 0. The van der Waals surface area contributed by atoms with Gasteiger partial charge in [-0.2, -0.15) is 0 Å². The van der Waals surface area contributed by atoms with E-state index in [4.69, 9.17) is 0 Å². The van der Waals surface area contributed by atoms with Crippen LogP contribution >= 0.6 is 0 Å². The van der Waals surface area contributed by atoms with Gasteiger partial charge in [0, 0.05) is 5.56 Å². The van der Waals surface area contributed by atoms with Crippen molar-refractivity contribution < 1.29 is 4.79 Å². The quantitative estimate of drug-likeness (QED) is 0.703. The molecule has 5 aliphatic carbocycles. The fraction of sp³-hybridized carbons (Fsp3) is 0.438. The van der Waals surface area contributed by atoms with Crippen LogP contribution in [0.15, 0.2) is 30.3 Å². The second-order valence-corrected chi connectivity index (χ2v) is 6.15. The fourth-order valence-corrected chi connectivity index (χ4v) is 5.34. The van der Waals surface area contributed by atoms with Crippen molar-refractivity contribution >= 4 is 11.9 Å². The lowest BCUT2D eigenvalue weighted by Gasteiger charge is -2.16. The van der Waals surface area contributed by atoms with Crippen LogP contribution < -0.4 is 0 Å². The standard InChI is InChI=1S/C16H14O/c17-7-8-3-1-2-4-9(8)10-5-11-12-6-13-15(11)16(13)14(10)12/h1-5,7,11-16H,6H2. The van der Waals surface area contributed by atoms with Gasteiger partial charge in [0.05, 0.1) is 0 Å². The van der Waals surface area contributed by atoms with Gasteiger partial charge in [0.1, 0.15) is 0 Å². The molecule has 1 aromatic carbocycles. The van der Waals surface area contributed by atoms with E-state index in [1.807, 2.05) is 12.1 Å². The van der Waals surface area contributed by atoms with Crippen molar-refractivity contribution in [1.29, 1.82) is 0 Å². The molecule has 0 radical (unpaired) electrons. The van der Waals surface area contributed by atoms with Gasteiger partial charge < -0.3 is 0 Å². The second kappa shape index (κ2) is 2.55. The minimum Gasteiger partial charge on any atom is -0.298 e. The molecule has 0 spiro atoms. The maximum absolute atomic E-state index is 11.1. The molecular weight excluding hydrogens is 208 g/mol. The van der Waals surface area contributed by atoms with E-state index in [0.717, 1.165) is 47.4 Å². The Labute approximate surface area is 101 Å². The van der Waals surface area contributed by atoms with Gasteiger partial charge in [-0.25, -0.2) is 0 Å². The minimum absolute atomic E-state index is 0.802. The topological polar surface area (TPSA) is 17.1 Å². The molecule has 1 aromatic rings. The summed E-state index contributed by atoms with van der Waals surface area (Å²) >= 11 is 0. The van der Waals surface area contributed by atoms with Crippen LogP contribution in [0.4, 0.5) is 0 Å². The number of aldehydes is 1. The summed E-state index contributed by atoms with van der Waals surface area (Å²) in [6, 6.07) is 8.10. The SMILES string of the molecule is O=Cc1ccccc1C1=CC2C3CC4C2C4C13. The number of rotatable bonds is 2. The summed E-state index contributed by atoms with van der Waals surface area (Å²) in [6.45, 7) is 0. The number of hydrogen-bond donors (Lipinski definition) is 0. The van der Waals surface area contributed by atoms with Crippen molar-refractivity contribution in [3.8, 4) is 0 Å². The largest absolute Gasteiger partial charge is 0.298 e. The lowest BCUT2D eigenvalue weighted by atomic mass is 9.88. The molecule has 17 heavy (non-hydrogen) atoms. The molecule has 84 valence electrons. The smallest absolute Gasteiger partial charge is 0.150 e. The van der Waals surface area contributed by atoms with Crippen LogP contribution in [0.1, 0.15) is 22.3 Å². The van der Waals surface area contributed by atoms with Crippen LogP contribution in [0.3, 0.4) is 0 Å². The Morgan fingerprint density at radius 2 is 2.00 bits per heavy atom. The number of carbonyl (C=O) groups excluding carboxylic acids is 1. The van der Waals surface area contributed by atoms with Gasteiger partial charge in [0.2, 0.25) is 0 Å². The van der Waals surface area contributed by atoms with Crippen molar-refractivity contribution in [2.45, 2.75) is 6.42 Å². The van der Waals surface area contributed by atoms with E-state index < -0.39 is 0 Å². The van der Waals surface area contributed by atoms with Gasteiger partial charge in [-0.15, -0.1) is 0 Å². The van der Waals surface area contributed by atoms with Gasteiger partial charge >= 0.3 is 0 Å². The van der Waals surface area contributed by atoms with Gasteiger partial charge in [0.25, 0.3) is 0 Å². The third kappa shape index (κ3) is 0.811. The Morgan fingerprint density at radius 1 is 1.12 bits per heavy atom. The van der Waals surface area contributed by atoms with Crippen LogP contribution in [-0.2, 0) is 0 Å². The van der Waals surface area contributed by atoms with Crippen LogP contribution in [0.5, 0.6) is 0 Å². The lowest BCUT2D eigenvalue weighted by Crippen LogP contribution is -2.06. The zero-order valence-corrected chi connectivity index (χ0v) is 9.54. The van der Waals surface area contributed by atoms with E-state index in [-0.39, 0.29) is 0 Å². The van der Waals surface area contributed by atoms with Crippen molar-refractivity contribution in [2.24, 2.45) is 35.5 Å². The minimum atomic E-state index is 0.802. The van der Waals surface area contributed by atoms with E-state index in [1.165, 1.54) is 17.6 Å². The van der Waals surface area contributed by atoms with Gasteiger partial charge in [-0.1, -0.05) is 30.3 Å². The van der Waals surface area contributed by atoms with Crippen LogP contribution in [0, 0.1) is 35.5 Å². The molecule has 6 rings (SSSR count). The van der Waals surface area contributed by atoms with Crippen molar-refractivity contribution in [2.75, 3.05) is 0 Å². The summed E-state index contributed by atoms with van der Waals surface area (Å²) in [7, 11) is 0. The van der Waals surface area contributed by atoms with Gasteiger partial charge in [-0.05, 0) is 53.1 Å². The summed E-state index contributed by atoms with van der Waals surface area (Å²) in [5.74, 6) is 5.68. The monoisotopic (exact) mass is 222 g/mol. The first kappa shape index (κ1) is 8.68. The molecule has 4 saturated carbocycles. The Morgan fingerprint density at radius 3 is 2.71 bits per heavy atom. The van der Waals surface area contributed by atoms with Crippen LogP contribution in [0.25, 0.3) is 5.57 Å². The summed E-state index contributed by atoms with van der Waals surface area (Å²) in [5, 5.41) is 0. The average Bonchev–Trinajstić information content (AvgIpc) is 2.77. The molecular formula is C16H14O. The number of carbonyl (C=O) groups is 1. The van der Waals surface area contributed by atoms with Crippen LogP contribution in [-0.4, -0.2) is 6.29 Å². The Bertz CT molecular complexity index is 571.